The number of hydrogen-bond donors (Lipinski definition) is 1. The first-order chi connectivity index (χ1) is 7.77. The molecule has 1 unspecified atom stereocenters. The van der Waals surface area contributed by atoms with Crippen molar-refractivity contribution in [1.82, 2.24) is 5.32 Å². The molecule has 1 amide bonds. The number of nitrogens with one attached hydrogen (secondary N) is 1. The van der Waals surface area contributed by atoms with E-state index in [9.17, 15) is 4.79 Å². The molecule has 0 aliphatic heterocycles. The molecule has 0 heterocycles. The Hall–Kier alpha value is -1.31. The first-order valence-electron chi connectivity index (χ1n) is 6.01. The van der Waals surface area contributed by atoms with Gasteiger partial charge in [0.15, 0.2) is 0 Å². The lowest BCUT2D eigenvalue weighted by atomic mass is 9.95. The van der Waals surface area contributed by atoms with Crippen LogP contribution in [0.2, 0.25) is 0 Å². The van der Waals surface area contributed by atoms with Crippen molar-refractivity contribution in [3.05, 3.63) is 35.4 Å². The highest BCUT2D eigenvalue weighted by Crippen LogP contribution is 2.15. The maximum atomic E-state index is 10.2. The molecular formula is C14H21NO. The molecule has 1 atom stereocenters. The van der Waals surface area contributed by atoms with E-state index in [1.807, 2.05) is 0 Å². The fourth-order valence-corrected chi connectivity index (χ4v) is 1.97. The van der Waals surface area contributed by atoms with Crippen molar-refractivity contribution in [2.24, 2.45) is 5.92 Å². The van der Waals surface area contributed by atoms with Gasteiger partial charge in [-0.3, -0.25) is 4.79 Å². The third kappa shape index (κ3) is 4.05. The van der Waals surface area contributed by atoms with Crippen LogP contribution in [0.4, 0.5) is 0 Å². The minimum absolute atomic E-state index is 0.489. The average Bonchev–Trinajstić information content (AvgIpc) is 2.29. The topological polar surface area (TPSA) is 29.1 Å². The van der Waals surface area contributed by atoms with Gasteiger partial charge in [-0.15, -0.1) is 0 Å². The Kier molecular flexibility index (Phi) is 5.62. The molecule has 0 aliphatic carbocycles. The van der Waals surface area contributed by atoms with Gasteiger partial charge in [0.2, 0.25) is 6.41 Å². The molecule has 88 valence electrons. The van der Waals surface area contributed by atoms with Gasteiger partial charge in [0.05, 0.1) is 0 Å². The van der Waals surface area contributed by atoms with Gasteiger partial charge in [0.25, 0.3) is 0 Å². The first kappa shape index (κ1) is 12.8. The van der Waals surface area contributed by atoms with Crippen LogP contribution in [0, 0.1) is 5.92 Å². The van der Waals surface area contributed by atoms with Gasteiger partial charge in [-0.05, 0) is 29.9 Å². The van der Waals surface area contributed by atoms with Gasteiger partial charge in [0.1, 0.15) is 0 Å². The number of rotatable bonds is 7. The van der Waals surface area contributed by atoms with E-state index >= 15 is 0 Å². The second-order valence-electron chi connectivity index (χ2n) is 4.35. The third-order valence-electron chi connectivity index (χ3n) is 2.76. The van der Waals surface area contributed by atoms with Crippen LogP contribution in [0.5, 0.6) is 0 Å². The highest BCUT2D eigenvalue weighted by Gasteiger charge is 2.06. The van der Waals surface area contributed by atoms with E-state index in [4.69, 9.17) is 0 Å². The Balaban J connectivity index is 2.60. The van der Waals surface area contributed by atoms with Crippen LogP contribution in [0.15, 0.2) is 24.3 Å². The lowest BCUT2D eigenvalue weighted by Gasteiger charge is -2.14. The van der Waals surface area contributed by atoms with Crippen LogP contribution in [-0.4, -0.2) is 13.0 Å². The zero-order valence-electron chi connectivity index (χ0n) is 10.2. The summed E-state index contributed by atoms with van der Waals surface area (Å²) in [6.45, 7) is 5.12. The molecule has 0 bridgehead atoms. The van der Waals surface area contributed by atoms with Gasteiger partial charge < -0.3 is 5.32 Å². The molecule has 0 aliphatic rings. The Bertz CT molecular complexity index is 322. The second kappa shape index (κ2) is 7.04. The van der Waals surface area contributed by atoms with E-state index in [2.05, 4.69) is 43.4 Å². The van der Waals surface area contributed by atoms with Crippen LogP contribution >= 0.6 is 0 Å². The maximum Gasteiger partial charge on any atom is 0.207 e. The predicted molar refractivity (Wildman–Crippen MR) is 67.4 cm³/mol. The molecule has 0 saturated carbocycles. The second-order valence-corrected chi connectivity index (χ2v) is 4.35. The number of amides is 1. The van der Waals surface area contributed by atoms with Crippen molar-refractivity contribution < 1.29 is 4.79 Å². The number of aryl methyl sites for hydroxylation is 1. The van der Waals surface area contributed by atoms with E-state index in [0.717, 1.165) is 25.8 Å². The summed E-state index contributed by atoms with van der Waals surface area (Å²) in [5.41, 5.74) is 2.87. The third-order valence-corrected chi connectivity index (χ3v) is 2.76. The van der Waals surface area contributed by atoms with E-state index in [-0.39, 0.29) is 0 Å². The smallest absolute Gasteiger partial charge is 0.207 e. The molecule has 16 heavy (non-hydrogen) atoms. The van der Waals surface area contributed by atoms with Gasteiger partial charge in [-0.1, -0.05) is 44.5 Å². The van der Waals surface area contributed by atoms with Gasteiger partial charge in [0, 0.05) is 6.54 Å². The highest BCUT2D eigenvalue weighted by molar-refractivity contribution is 5.45. The molecular weight excluding hydrogens is 198 g/mol. The molecule has 0 fully saturated rings. The van der Waals surface area contributed by atoms with E-state index in [1.165, 1.54) is 17.5 Å². The zero-order valence-corrected chi connectivity index (χ0v) is 10.2. The summed E-state index contributed by atoms with van der Waals surface area (Å²) in [5, 5.41) is 2.74. The van der Waals surface area contributed by atoms with Crippen LogP contribution in [0.25, 0.3) is 0 Å². The van der Waals surface area contributed by atoms with Gasteiger partial charge in [-0.25, -0.2) is 0 Å². The molecule has 2 heteroatoms. The molecule has 1 aromatic rings. The maximum absolute atomic E-state index is 10.2. The summed E-state index contributed by atoms with van der Waals surface area (Å²) in [6, 6.07) is 8.60. The summed E-state index contributed by atoms with van der Waals surface area (Å²) in [4.78, 5) is 10.2. The largest absolute Gasteiger partial charge is 0.358 e. The Labute approximate surface area is 98.1 Å². The van der Waals surface area contributed by atoms with Crippen molar-refractivity contribution >= 4 is 6.41 Å². The zero-order chi connectivity index (χ0) is 11.8. The molecule has 1 rings (SSSR count). The lowest BCUT2D eigenvalue weighted by Crippen LogP contribution is -2.21. The lowest BCUT2D eigenvalue weighted by molar-refractivity contribution is -0.109. The fraction of sp³-hybridized carbons (Fsp3) is 0.500. The van der Waals surface area contributed by atoms with Crippen LogP contribution in [0.3, 0.4) is 0 Å². The summed E-state index contributed by atoms with van der Waals surface area (Å²) >= 11 is 0. The first-order valence-corrected chi connectivity index (χ1v) is 6.01. The summed E-state index contributed by atoms with van der Waals surface area (Å²) < 4.78 is 0. The van der Waals surface area contributed by atoms with Crippen molar-refractivity contribution in [2.45, 2.75) is 33.1 Å². The van der Waals surface area contributed by atoms with Crippen LogP contribution < -0.4 is 5.32 Å². The fourth-order valence-electron chi connectivity index (χ4n) is 1.97. The molecule has 0 aromatic heterocycles. The standard InChI is InChI=1S/C14H21NO/c1-3-6-13-7-4-5-8-14(13)9-12(2)10-15-11-16/h4-5,7-8,11-12H,3,6,9-10H2,1-2H3,(H,15,16). The quantitative estimate of drug-likeness (QED) is 0.702. The van der Waals surface area contributed by atoms with Crippen LogP contribution in [0.1, 0.15) is 31.4 Å². The monoisotopic (exact) mass is 219 g/mol. The van der Waals surface area contributed by atoms with Crippen molar-refractivity contribution in [3.8, 4) is 0 Å². The summed E-state index contributed by atoms with van der Waals surface area (Å²) in [5.74, 6) is 0.489. The average molecular weight is 219 g/mol. The summed E-state index contributed by atoms with van der Waals surface area (Å²) in [7, 11) is 0. The van der Waals surface area contributed by atoms with Crippen molar-refractivity contribution in [2.75, 3.05) is 6.54 Å². The predicted octanol–water partition coefficient (Wildman–Crippen LogP) is 2.56. The molecule has 0 saturated heterocycles. The highest BCUT2D eigenvalue weighted by atomic mass is 16.1. The minimum Gasteiger partial charge on any atom is -0.358 e. The number of carbonyl (C=O) groups is 1. The van der Waals surface area contributed by atoms with E-state index in [1.54, 1.807) is 0 Å². The number of benzene rings is 1. The molecule has 1 N–H and O–H groups in total. The molecule has 1 aromatic carbocycles. The Morgan fingerprint density at radius 2 is 2.00 bits per heavy atom. The minimum atomic E-state index is 0.489. The number of hydrogen-bond acceptors (Lipinski definition) is 1. The molecule has 2 nitrogen and oxygen atoms in total. The van der Waals surface area contributed by atoms with Crippen molar-refractivity contribution in [3.63, 3.8) is 0 Å². The summed E-state index contributed by atoms with van der Waals surface area (Å²) in [6.07, 6.45) is 4.13. The number of carbonyl (C=O) groups excluding carboxylic acids is 1. The van der Waals surface area contributed by atoms with Gasteiger partial charge in [-0.2, -0.15) is 0 Å². The molecule has 0 spiro atoms. The SMILES string of the molecule is CCCc1ccccc1CC(C)CNC=O. The van der Waals surface area contributed by atoms with Crippen molar-refractivity contribution in [1.29, 1.82) is 0 Å². The van der Waals surface area contributed by atoms with E-state index < -0.39 is 0 Å². The Morgan fingerprint density at radius 1 is 1.31 bits per heavy atom. The van der Waals surface area contributed by atoms with E-state index in [0.29, 0.717) is 5.92 Å². The normalized spacial score (nSPS) is 12.1. The van der Waals surface area contributed by atoms with Crippen LogP contribution in [-0.2, 0) is 17.6 Å². The molecule has 0 radical (unpaired) electrons. The van der Waals surface area contributed by atoms with Gasteiger partial charge >= 0.3 is 0 Å². The Morgan fingerprint density at radius 3 is 2.62 bits per heavy atom.